The van der Waals surface area contributed by atoms with Crippen LogP contribution >= 0.6 is 0 Å². The van der Waals surface area contributed by atoms with E-state index in [9.17, 15) is 9.59 Å². The van der Waals surface area contributed by atoms with Gasteiger partial charge in [0, 0.05) is 24.3 Å². The lowest BCUT2D eigenvalue weighted by molar-refractivity contribution is -0.132. The van der Waals surface area contributed by atoms with Gasteiger partial charge in [-0.05, 0) is 25.3 Å². The molecule has 3 rings (SSSR count). The summed E-state index contributed by atoms with van der Waals surface area (Å²) in [5, 5.41) is 5.85. The number of carbonyl (C=O) groups is 2. The number of piperazine rings is 1. The van der Waals surface area contributed by atoms with E-state index >= 15 is 0 Å². The van der Waals surface area contributed by atoms with Gasteiger partial charge in [-0.1, -0.05) is 13.0 Å². The Balaban J connectivity index is 1.85. The molecule has 1 aliphatic heterocycles. The molecule has 6 heteroatoms. The van der Waals surface area contributed by atoms with Crippen molar-refractivity contribution in [3.05, 3.63) is 23.9 Å². The summed E-state index contributed by atoms with van der Waals surface area (Å²) in [4.78, 5) is 29.9. The van der Waals surface area contributed by atoms with E-state index in [-0.39, 0.29) is 24.4 Å². The van der Waals surface area contributed by atoms with Crippen LogP contribution in [0.15, 0.2) is 18.3 Å². The van der Waals surface area contributed by atoms with Crippen LogP contribution in [0.1, 0.15) is 31.7 Å². The maximum absolute atomic E-state index is 12.0. The molecule has 0 radical (unpaired) electrons. The van der Waals surface area contributed by atoms with Gasteiger partial charge in [0.15, 0.2) is 0 Å². The van der Waals surface area contributed by atoms with E-state index in [4.69, 9.17) is 0 Å². The second kappa shape index (κ2) is 5.81. The standard InChI is InChI=1S/C15H20N4O2/c1-2-12-15(21)18-13(20)9-19(12)14-10(4-3-7-16-14)8-17-11-5-6-11/h3-4,7,11-12,17H,2,5-6,8-9H2,1H3,(H,18,20,21). The third-order valence-corrected chi connectivity index (χ3v) is 3.94. The van der Waals surface area contributed by atoms with Crippen molar-refractivity contribution in [2.75, 3.05) is 11.4 Å². The van der Waals surface area contributed by atoms with Gasteiger partial charge in [0.2, 0.25) is 11.8 Å². The summed E-state index contributed by atoms with van der Waals surface area (Å²) in [6.07, 6.45) is 4.79. The maximum Gasteiger partial charge on any atom is 0.249 e. The van der Waals surface area contributed by atoms with Gasteiger partial charge in [0.1, 0.15) is 11.9 Å². The number of nitrogens with zero attached hydrogens (tertiary/aromatic N) is 2. The lowest BCUT2D eigenvalue weighted by Crippen LogP contribution is -2.58. The first-order chi connectivity index (χ1) is 10.2. The summed E-state index contributed by atoms with van der Waals surface area (Å²) in [6.45, 7) is 2.84. The summed E-state index contributed by atoms with van der Waals surface area (Å²) < 4.78 is 0. The molecule has 1 aromatic heterocycles. The molecule has 2 fully saturated rings. The van der Waals surface area contributed by atoms with Crippen LogP contribution in [0.5, 0.6) is 0 Å². The van der Waals surface area contributed by atoms with Gasteiger partial charge in [0.05, 0.1) is 6.54 Å². The molecular formula is C15H20N4O2. The van der Waals surface area contributed by atoms with Gasteiger partial charge in [-0.25, -0.2) is 4.98 Å². The summed E-state index contributed by atoms with van der Waals surface area (Å²) in [5.41, 5.74) is 1.03. The van der Waals surface area contributed by atoms with Crippen LogP contribution in [0.25, 0.3) is 0 Å². The Morgan fingerprint density at radius 1 is 1.43 bits per heavy atom. The van der Waals surface area contributed by atoms with Crippen molar-refractivity contribution >= 4 is 17.6 Å². The summed E-state index contributed by atoms with van der Waals surface area (Å²) >= 11 is 0. The Hall–Kier alpha value is -1.95. The minimum atomic E-state index is -0.336. The first-order valence-electron chi connectivity index (χ1n) is 7.46. The van der Waals surface area contributed by atoms with E-state index in [1.807, 2.05) is 24.0 Å². The average molecular weight is 288 g/mol. The topological polar surface area (TPSA) is 74.3 Å². The summed E-state index contributed by atoms with van der Waals surface area (Å²) in [6, 6.07) is 4.16. The number of amides is 2. The highest BCUT2D eigenvalue weighted by atomic mass is 16.2. The van der Waals surface area contributed by atoms with E-state index in [0.717, 1.165) is 17.9 Å². The fourth-order valence-electron chi connectivity index (χ4n) is 2.66. The number of aromatic nitrogens is 1. The third kappa shape index (κ3) is 3.05. The zero-order chi connectivity index (χ0) is 14.8. The lowest BCUT2D eigenvalue weighted by Gasteiger charge is -2.35. The van der Waals surface area contributed by atoms with Gasteiger partial charge < -0.3 is 10.2 Å². The molecule has 1 saturated carbocycles. The van der Waals surface area contributed by atoms with E-state index in [1.54, 1.807) is 6.20 Å². The minimum absolute atomic E-state index is 0.178. The number of rotatable bonds is 5. The van der Waals surface area contributed by atoms with Crippen LogP contribution in [0.4, 0.5) is 5.82 Å². The largest absolute Gasteiger partial charge is 0.335 e. The first-order valence-corrected chi connectivity index (χ1v) is 7.46. The molecule has 6 nitrogen and oxygen atoms in total. The maximum atomic E-state index is 12.0. The monoisotopic (exact) mass is 288 g/mol. The predicted octanol–water partition coefficient (Wildman–Crippen LogP) is 0.575. The SMILES string of the molecule is CCC1C(=O)NC(=O)CN1c1ncccc1CNC1CC1. The molecule has 2 heterocycles. The second-order valence-electron chi connectivity index (χ2n) is 5.61. The quantitative estimate of drug-likeness (QED) is 0.775. The normalized spacial score (nSPS) is 22.3. The van der Waals surface area contributed by atoms with Gasteiger partial charge in [-0.15, -0.1) is 0 Å². The van der Waals surface area contributed by atoms with Gasteiger partial charge in [0.25, 0.3) is 0 Å². The fourth-order valence-corrected chi connectivity index (χ4v) is 2.66. The Morgan fingerprint density at radius 3 is 2.95 bits per heavy atom. The summed E-state index contributed by atoms with van der Waals surface area (Å²) in [7, 11) is 0. The lowest BCUT2D eigenvalue weighted by atomic mass is 10.1. The zero-order valence-electron chi connectivity index (χ0n) is 12.1. The van der Waals surface area contributed by atoms with Crippen LogP contribution in [-0.4, -0.2) is 35.4 Å². The molecule has 2 amide bonds. The smallest absolute Gasteiger partial charge is 0.249 e. The molecule has 1 unspecified atom stereocenters. The number of hydrogen-bond acceptors (Lipinski definition) is 5. The van der Waals surface area contributed by atoms with E-state index in [0.29, 0.717) is 12.5 Å². The third-order valence-electron chi connectivity index (χ3n) is 3.94. The van der Waals surface area contributed by atoms with Crippen molar-refractivity contribution in [1.29, 1.82) is 0 Å². The van der Waals surface area contributed by atoms with Crippen LogP contribution in [0.2, 0.25) is 0 Å². The van der Waals surface area contributed by atoms with Crippen molar-refractivity contribution < 1.29 is 9.59 Å². The fraction of sp³-hybridized carbons (Fsp3) is 0.533. The van der Waals surface area contributed by atoms with E-state index in [2.05, 4.69) is 15.6 Å². The molecule has 112 valence electrons. The average Bonchev–Trinajstić information content (AvgIpc) is 3.29. The number of nitrogens with one attached hydrogen (secondary N) is 2. The van der Waals surface area contributed by atoms with Crippen molar-refractivity contribution in [2.45, 2.75) is 44.8 Å². The molecule has 21 heavy (non-hydrogen) atoms. The van der Waals surface area contributed by atoms with Crippen molar-refractivity contribution in [3.8, 4) is 0 Å². The minimum Gasteiger partial charge on any atom is -0.335 e. The van der Waals surface area contributed by atoms with Gasteiger partial charge in [-0.2, -0.15) is 0 Å². The Morgan fingerprint density at radius 2 is 2.24 bits per heavy atom. The molecule has 1 atom stereocenters. The molecular weight excluding hydrogens is 268 g/mol. The highest BCUT2D eigenvalue weighted by Gasteiger charge is 2.34. The number of pyridine rings is 1. The number of hydrogen-bond donors (Lipinski definition) is 2. The molecule has 1 saturated heterocycles. The van der Waals surface area contributed by atoms with Crippen LogP contribution in [-0.2, 0) is 16.1 Å². The molecule has 2 aliphatic rings. The number of imide groups is 1. The number of anilines is 1. The Labute approximate surface area is 123 Å². The highest BCUT2D eigenvalue weighted by Crippen LogP contribution is 2.24. The zero-order valence-corrected chi connectivity index (χ0v) is 12.1. The van der Waals surface area contributed by atoms with Crippen LogP contribution in [0, 0.1) is 0 Å². The predicted molar refractivity (Wildman–Crippen MR) is 78.7 cm³/mol. The molecule has 0 aromatic carbocycles. The molecule has 0 bridgehead atoms. The molecule has 1 aromatic rings. The van der Waals surface area contributed by atoms with Crippen LogP contribution < -0.4 is 15.5 Å². The summed E-state index contributed by atoms with van der Waals surface area (Å²) in [5.74, 6) is 0.234. The molecule has 0 spiro atoms. The van der Waals surface area contributed by atoms with Crippen molar-refractivity contribution in [2.24, 2.45) is 0 Å². The van der Waals surface area contributed by atoms with Crippen LogP contribution in [0.3, 0.4) is 0 Å². The second-order valence-corrected chi connectivity index (χ2v) is 5.61. The Bertz CT molecular complexity index is 556. The number of carbonyl (C=O) groups excluding carboxylic acids is 2. The van der Waals surface area contributed by atoms with Crippen molar-refractivity contribution in [1.82, 2.24) is 15.6 Å². The van der Waals surface area contributed by atoms with Gasteiger partial charge >= 0.3 is 0 Å². The first kappa shape index (κ1) is 14.0. The van der Waals surface area contributed by atoms with Gasteiger partial charge in [-0.3, -0.25) is 14.9 Å². The highest BCUT2D eigenvalue weighted by molar-refractivity contribution is 6.04. The molecule has 1 aliphatic carbocycles. The Kier molecular flexibility index (Phi) is 3.88. The van der Waals surface area contributed by atoms with Crippen molar-refractivity contribution in [3.63, 3.8) is 0 Å². The van der Waals surface area contributed by atoms with E-state index in [1.165, 1.54) is 12.8 Å². The van der Waals surface area contributed by atoms with E-state index < -0.39 is 0 Å². The molecule has 2 N–H and O–H groups in total.